The fourth-order valence-corrected chi connectivity index (χ4v) is 5.14. The van der Waals surface area contributed by atoms with E-state index in [4.69, 9.17) is 11.8 Å². The van der Waals surface area contributed by atoms with E-state index in [-0.39, 0.29) is 5.75 Å². The molecule has 0 aliphatic heterocycles. The summed E-state index contributed by atoms with van der Waals surface area (Å²) in [5.41, 5.74) is 0.810. The van der Waals surface area contributed by atoms with Crippen molar-refractivity contribution in [3.05, 3.63) is 90.5 Å². The lowest BCUT2D eigenvalue weighted by Gasteiger charge is -2.22. The molecule has 0 aliphatic carbocycles. The van der Waals surface area contributed by atoms with Crippen molar-refractivity contribution in [3.63, 3.8) is 0 Å². The lowest BCUT2D eigenvalue weighted by Crippen LogP contribution is -2.24. The Bertz CT molecular complexity index is 839. The zero-order valence-corrected chi connectivity index (χ0v) is 14.6. The molecule has 0 spiro atoms. The molecule has 0 saturated heterocycles. The third kappa shape index (κ3) is 3.73. The first-order chi connectivity index (χ1) is 11.7. The van der Waals surface area contributed by atoms with Crippen LogP contribution < -0.4 is 15.8 Å². The number of nitrogens with zero attached hydrogens (tertiary/aromatic N) is 1. The molecule has 3 nitrogen and oxygen atoms in total. The standard InChI is InChI=1S/C19H17N2OPS/c22-17-9-7-8-16(14-17)15-20-21-23(24,18-10-3-1-4-11-18)19-12-5-2-6-13-19/h1-15,22H,(H,21,24). The van der Waals surface area contributed by atoms with Crippen molar-refractivity contribution in [2.24, 2.45) is 5.10 Å². The first-order valence-corrected chi connectivity index (χ1v) is 10.3. The van der Waals surface area contributed by atoms with Crippen LogP contribution in [0.15, 0.2) is 90.0 Å². The van der Waals surface area contributed by atoms with Gasteiger partial charge in [0.2, 0.25) is 0 Å². The molecule has 2 N–H and O–H groups in total. The van der Waals surface area contributed by atoms with Crippen LogP contribution in [0.3, 0.4) is 0 Å². The molecular formula is C19H17N2OPS. The number of rotatable bonds is 5. The molecule has 0 heterocycles. The Kier molecular flexibility index (Phi) is 5.09. The molecule has 3 rings (SSSR count). The van der Waals surface area contributed by atoms with Gasteiger partial charge in [-0.1, -0.05) is 84.6 Å². The van der Waals surface area contributed by atoms with E-state index in [1.54, 1.807) is 24.4 Å². The Labute approximate surface area is 146 Å². The fourth-order valence-electron chi connectivity index (χ4n) is 2.33. The topological polar surface area (TPSA) is 44.6 Å². The Morgan fingerprint density at radius 1 is 0.833 bits per heavy atom. The van der Waals surface area contributed by atoms with Gasteiger partial charge in [0, 0.05) is 10.6 Å². The summed E-state index contributed by atoms with van der Waals surface area (Å²) in [5, 5.41) is 19.2. The third-order valence-corrected chi connectivity index (χ3v) is 7.48. The highest BCUT2D eigenvalue weighted by atomic mass is 32.4. The number of hydrogen-bond acceptors (Lipinski definition) is 3. The lowest BCUT2D eigenvalue weighted by molar-refractivity contribution is 0.475. The largest absolute Gasteiger partial charge is 0.508 e. The monoisotopic (exact) mass is 352 g/mol. The normalized spacial score (nSPS) is 11.5. The lowest BCUT2D eigenvalue weighted by atomic mass is 10.2. The van der Waals surface area contributed by atoms with Gasteiger partial charge in [0.1, 0.15) is 11.9 Å². The van der Waals surface area contributed by atoms with Gasteiger partial charge in [-0.25, -0.2) is 0 Å². The predicted molar refractivity (Wildman–Crippen MR) is 105 cm³/mol. The third-order valence-electron chi connectivity index (χ3n) is 3.52. The molecule has 0 amide bonds. The van der Waals surface area contributed by atoms with Crippen LogP contribution in [-0.4, -0.2) is 11.3 Å². The second-order valence-electron chi connectivity index (χ2n) is 5.23. The fraction of sp³-hybridized carbons (Fsp3) is 0. The molecule has 24 heavy (non-hydrogen) atoms. The van der Waals surface area contributed by atoms with Crippen molar-refractivity contribution in [1.29, 1.82) is 0 Å². The van der Waals surface area contributed by atoms with Crippen LogP contribution in [0.25, 0.3) is 0 Å². The van der Waals surface area contributed by atoms with Crippen LogP contribution >= 0.6 is 6.19 Å². The number of phenolic OH excluding ortho intramolecular Hbond substituents is 1. The van der Waals surface area contributed by atoms with Gasteiger partial charge in [-0.3, -0.25) is 5.20 Å². The van der Waals surface area contributed by atoms with Gasteiger partial charge in [-0.2, -0.15) is 5.10 Å². The van der Waals surface area contributed by atoms with Gasteiger partial charge in [-0.15, -0.1) is 0 Å². The SMILES string of the molecule is Oc1cccc(C=NNP(=S)(c2ccccc2)c2ccccc2)c1. The van der Waals surface area contributed by atoms with E-state index in [1.807, 2.05) is 66.7 Å². The summed E-state index contributed by atoms with van der Waals surface area (Å²) in [7, 11) is 0. The van der Waals surface area contributed by atoms with Crippen molar-refractivity contribution in [3.8, 4) is 5.75 Å². The molecular weight excluding hydrogens is 335 g/mol. The van der Waals surface area contributed by atoms with Gasteiger partial charge in [0.05, 0.1) is 6.21 Å². The van der Waals surface area contributed by atoms with E-state index in [0.717, 1.165) is 16.2 Å². The summed E-state index contributed by atoms with van der Waals surface area (Å²) in [6, 6.07) is 27.0. The smallest absolute Gasteiger partial charge is 0.116 e. The number of nitrogens with one attached hydrogen (secondary N) is 1. The molecule has 0 aromatic heterocycles. The average Bonchev–Trinajstić information content (AvgIpc) is 2.63. The summed E-state index contributed by atoms with van der Waals surface area (Å²) in [5.74, 6) is 0.213. The molecule has 3 aromatic rings. The molecule has 0 fully saturated rings. The van der Waals surface area contributed by atoms with E-state index >= 15 is 0 Å². The molecule has 3 aromatic carbocycles. The highest BCUT2D eigenvalue weighted by Gasteiger charge is 2.21. The van der Waals surface area contributed by atoms with Crippen LogP contribution in [0.2, 0.25) is 0 Å². The van der Waals surface area contributed by atoms with Crippen LogP contribution in [0.1, 0.15) is 5.56 Å². The molecule has 0 unspecified atom stereocenters. The predicted octanol–water partition coefficient (Wildman–Crippen LogP) is 3.36. The minimum atomic E-state index is -2.25. The number of hydrazone groups is 1. The molecule has 0 radical (unpaired) electrons. The second kappa shape index (κ2) is 7.43. The van der Waals surface area contributed by atoms with Crippen molar-refractivity contribution < 1.29 is 5.11 Å². The number of aromatic hydroxyl groups is 1. The highest BCUT2D eigenvalue weighted by Crippen LogP contribution is 2.38. The number of hydrogen-bond donors (Lipinski definition) is 2. The second-order valence-corrected chi connectivity index (χ2v) is 9.33. The van der Waals surface area contributed by atoms with Gasteiger partial charge >= 0.3 is 0 Å². The first kappa shape index (κ1) is 16.4. The van der Waals surface area contributed by atoms with E-state index in [1.165, 1.54) is 0 Å². The maximum atomic E-state index is 9.53. The maximum Gasteiger partial charge on any atom is 0.116 e. The summed E-state index contributed by atoms with van der Waals surface area (Å²) >= 11 is 6.01. The molecule has 0 atom stereocenters. The van der Waals surface area contributed by atoms with E-state index in [9.17, 15) is 5.11 Å². The van der Waals surface area contributed by atoms with Crippen LogP contribution in [0, 0.1) is 0 Å². The van der Waals surface area contributed by atoms with Crippen molar-refractivity contribution in [2.75, 3.05) is 0 Å². The van der Waals surface area contributed by atoms with Crippen molar-refractivity contribution in [2.45, 2.75) is 0 Å². The van der Waals surface area contributed by atoms with Crippen molar-refractivity contribution in [1.82, 2.24) is 5.20 Å². The quantitative estimate of drug-likeness (QED) is 0.420. The Morgan fingerprint density at radius 2 is 1.42 bits per heavy atom. The Hall–Kier alpha value is -2.42. The first-order valence-electron chi connectivity index (χ1n) is 7.49. The van der Waals surface area contributed by atoms with Gasteiger partial charge < -0.3 is 5.11 Å². The zero-order valence-electron chi connectivity index (χ0n) is 12.9. The Morgan fingerprint density at radius 3 is 1.96 bits per heavy atom. The van der Waals surface area contributed by atoms with Crippen molar-refractivity contribution >= 4 is 34.8 Å². The van der Waals surface area contributed by atoms with Gasteiger partial charge in [-0.05, 0) is 17.7 Å². The minimum absolute atomic E-state index is 0.213. The summed E-state index contributed by atoms with van der Waals surface area (Å²) in [6.07, 6.45) is -0.577. The molecule has 120 valence electrons. The average molecular weight is 352 g/mol. The molecule has 0 bridgehead atoms. The van der Waals surface area contributed by atoms with E-state index in [2.05, 4.69) is 10.3 Å². The summed E-state index contributed by atoms with van der Waals surface area (Å²) < 4.78 is 0. The summed E-state index contributed by atoms with van der Waals surface area (Å²) in [4.78, 5) is 0. The minimum Gasteiger partial charge on any atom is -0.508 e. The maximum absolute atomic E-state index is 9.53. The number of benzene rings is 3. The van der Waals surface area contributed by atoms with E-state index < -0.39 is 6.19 Å². The van der Waals surface area contributed by atoms with Gasteiger partial charge in [0.15, 0.2) is 0 Å². The summed E-state index contributed by atoms with van der Waals surface area (Å²) in [6.45, 7) is 0. The zero-order chi connectivity index (χ0) is 16.8. The number of phenols is 1. The van der Waals surface area contributed by atoms with Crippen LogP contribution in [0.4, 0.5) is 0 Å². The van der Waals surface area contributed by atoms with E-state index in [0.29, 0.717) is 0 Å². The van der Waals surface area contributed by atoms with Crippen LogP contribution in [-0.2, 0) is 11.8 Å². The highest BCUT2D eigenvalue weighted by molar-refractivity contribution is 8.20. The molecule has 0 aliphatic rings. The molecule has 0 saturated carbocycles. The van der Waals surface area contributed by atoms with Crippen LogP contribution in [0.5, 0.6) is 5.75 Å². The van der Waals surface area contributed by atoms with Gasteiger partial charge in [0.25, 0.3) is 0 Å². The Balaban J connectivity index is 1.93. The molecule has 5 heteroatoms.